The van der Waals surface area contributed by atoms with Gasteiger partial charge in [-0.05, 0) is 0 Å². The summed E-state index contributed by atoms with van der Waals surface area (Å²) in [5.41, 5.74) is 0. The van der Waals surface area contributed by atoms with E-state index in [0.29, 0.717) is 0 Å². The Balaban J connectivity index is 4.16. The van der Waals surface area contributed by atoms with Crippen LogP contribution in [0, 0.1) is 0 Å². The summed E-state index contributed by atoms with van der Waals surface area (Å²) in [4.78, 5) is 4.09. The number of rotatable bonds is 8. The number of hydrogen-bond donors (Lipinski definition) is 1. The van der Waals surface area contributed by atoms with Gasteiger partial charge in [-0.25, -0.2) is 0 Å². The molecule has 1 aliphatic heterocycles. The standard InChI is InChI=1S/C15H44N9P3/c1-14-15-24(12)26(21(6)7)16-25(19(2)3,20(4)5)17-27(13,18-26,22(8)9)23(10)11/h18H,14-15H2,1-13H3. The van der Waals surface area contributed by atoms with Gasteiger partial charge in [-0.15, -0.1) is 0 Å². The molecule has 164 valence electrons. The second kappa shape index (κ2) is 8.39. The van der Waals surface area contributed by atoms with E-state index in [2.05, 4.69) is 124 Å². The Labute approximate surface area is 168 Å². The molecule has 0 aliphatic carbocycles. The third-order valence-corrected chi connectivity index (χ3v) is 21.3. The Morgan fingerprint density at radius 1 is 0.778 bits per heavy atom. The summed E-state index contributed by atoms with van der Waals surface area (Å²) < 4.78 is 25.1. The Morgan fingerprint density at radius 3 is 1.52 bits per heavy atom. The molecule has 1 heterocycles. The fourth-order valence-corrected chi connectivity index (χ4v) is 21.2. The molecule has 9 nitrogen and oxygen atoms in total. The first-order chi connectivity index (χ1) is 12.1. The fraction of sp³-hybridized carbons (Fsp3) is 1.00. The first kappa shape index (κ1) is 25.6. The fourth-order valence-electron chi connectivity index (χ4n) is 3.28. The average Bonchev–Trinajstić information content (AvgIpc) is 2.53. The predicted molar refractivity (Wildman–Crippen MR) is 126 cm³/mol. The minimum atomic E-state index is -3.01. The third kappa shape index (κ3) is 3.98. The molecule has 0 fully saturated rings. The van der Waals surface area contributed by atoms with E-state index in [1.165, 1.54) is 0 Å². The Hall–Kier alpha value is 0.610. The van der Waals surface area contributed by atoms with Crippen molar-refractivity contribution in [1.82, 2.24) is 32.9 Å². The predicted octanol–water partition coefficient (Wildman–Crippen LogP) is 3.47. The molecule has 1 rings (SSSR count). The van der Waals surface area contributed by atoms with E-state index in [1.807, 2.05) is 0 Å². The van der Waals surface area contributed by atoms with Gasteiger partial charge < -0.3 is 0 Å². The van der Waals surface area contributed by atoms with Gasteiger partial charge in [0.2, 0.25) is 0 Å². The average molecular weight is 444 g/mol. The van der Waals surface area contributed by atoms with E-state index in [-0.39, 0.29) is 0 Å². The van der Waals surface area contributed by atoms with E-state index in [1.54, 1.807) is 0 Å². The Morgan fingerprint density at radius 2 is 1.22 bits per heavy atom. The van der Waals surface area contributed by atoms with E-state index < -0.39 is 22.2 Å². The summed E-state index contributed by atoms with van der Waals surface area (Å²) in [7, 11) is 16.0. The first-order valence-electron chi connectivity index (χ1n) is 9.34. The molecule has 27 heavy (non-hydrogen) atoms. The first-order valence-corrected chi connectivity index (χ1v) is 15.1. The summed E-state index contributed by atoms with van der Waals surface area (Å²) in [6.07, 6.45) is 1.08. The van der Waals surface area contributed by atoms with Crippen molar-refractivity contribution < 1.29 is 0 Å². The molecule has 1 N–H and O–H groups in total. The maximum atomic E-state index is 5.64. The quantitative estimate of drug-likeness (QED) is 0.577. The summed E-state index contributed by atoms with van der Waals surface area (Å²) in [5.74, 6) is 0. The van der Waals surface area contributed by atoms with Crippen LogP contribution in [0.3, 0.4) is 0 Å². The van der Waals surface area contributed by atoms with Crippen molar-refractivity contribution in [1.29, 1.82) is 0 Å². The molecule has 0 radical (unpaired) electrons. The molecule has 0 aromatic heterocycles. The molecule has 1 unspecified atom stereocenters. The molecular weight excluding hydrogens is 399 g/mol. The molecule has 1 aliphatic rings. The maximum absolute atomic E-state index is 5.64. The molecule has 1 atom stereocenters. The number of hydrogen-bond acceptors (Lipinski definition) is 9. The van der Waals surface area contributed by atoms with Crippen LogP contribution in [0.1, 0.15) is 13.3 Å². The van der Waals surface area contributed by atoms with Crippen LogP contribution in [0.2, 0.25) is 0 Å². The third-order valence-electron chi connectivity index (χ3n) is 5.52. The molecule has 0 aromatic rings. The summed E-state index contributed by atoms with van der Waals surface area (Å²) in [6, 6.07) is 0. The van der Waals surface area contributed by atoms with E-state index in [9.17, 15) is 0 Å². The SMILES string of the molecule is CCCN(C)P1(N(C)C)=NP(N(C)C)(N(C)C)=NP(C)(N(C)C)(N(C)C)N1. The van der Waals surface area contributed by atoms with Gasteiger partial charge >= 0.3 is 168 Å². The van der Waals surface area contributed by atoms with E-state index in [0.717, 1.165) is 13.0 Å². The van der Waals surface area contributed by atoms with Crippen molar-refractivity contribution in [3.8, 4) is 0 Å². The minimum absolute atomic E-state index is 0.983. The number of nitrogens with one attached hydrogen (secondary N) is 1. The van der Waals surface area contributed by atoms with Crippen LogP contribution in [-0.2, 0) is 0 Å². The Kier molecular flexibility index (Phi) is 7.97. The second-order valence-corrected chi connectivity index (χ2v) is 20.3. The summed E-state index contributed by atoms with van der Waals surface area (Å²) in [6.45, 7) is 5.51. The van der Waals surface area contributed by atoms with E-state index >= 15 is 0 Å². The van der Waals surface area contributed by atoms with Gasteiger partial charge in [-0.2, -0.15) is 0 Å². The molecular formula is C15H44N9P3. The molecule has 0 saturated carbocycles. The van der Waals surface area contributed by atoms with Gasteiger partial charge in [0.15, 0.2) is 0 Å². The molecule has 0 bridgehead atoms. The summed E-state index contributed by atoms with van der Waals surface area (Å²) in [5, 5.41) is 0. The van der Waals surface area contributed by atoms with Crippen molar-refractivity contribution in [3.05, 3.63) is 0 Å². The number of nitrogens with zero attached hydrogens (tertiary/aromatic N) is 8. The molecule has 0 saturated heterocycles. The van der Waals surface area contributed by atoms with Crippen molar-refractivity contribution >= 4 is 22.2 Å². The molecule has 0 spiro atoms. The zero-order valence-corrected chi connectivity index (χ0v) is 22.5. The van der Waals surface area contributed by atoms with Gasteiger partial charge in [0.25, 0.3) is 0 Å². The van der Waals surface area contributed by atoms with Gasteiger partial charge in [0.05, 0.1) is 0 Å². The van der Waals surface area contributed by atoms with Crippen molar-refractivity contribution in [2.45, 2.75) is 13.3 Å². The topological polar surface area (TPSA) is 56.2 Å². The monoisotopic (exact) mass is 443 g/mol. The normalized spacial score (nSPS) is 28.5. The van der Waals surface area contributed by atoms with Crippen LogP contribution in [0.25, 0.3) is 0 Å². The van der Waals surface area contributed by atoms with Crippen LogP contribution >= 0.6 is 22.2 Å². The van der Waals surface area contributed by atoms with Gasteiger partial charge in [0.1, 0.15) is 0 Å². The van der Waals surface area contributed by atoms with Crippen LogP contribution < -0.4 is 4.86 Å². The summed E-state index contributed by atoms with van der Waals surface area (Å²) >= 11 is 0. The van der Waals surface area contributed by atoms with Crippen molar-refractivity contribution in [2.75, 3.05) is 90.7 Å². The zero-order valence-electron chi connectivity index (χ0n) is 19.8. The van der Waals surface area contributed by atoms with Gasteiger partial charge in [-0.3, -0.25) is 0 Å². The van der Waals surface area contributed by atoms with Crippen LogP contribution in [-0.4, -0.2) is 119 Å². The molecule has 0 amide bonds. The zero-order chi connectivity index (χ0) is 21.4. The van der Waals surface area contributed by atoms with Gasteiger partial charge in [-0.1, -0.05) is 0 Å². The van der Waals surface area contributed by atoms with Crippen LogP contribution in [0.15, 0.2) is 9.03 Å². The van der Waals surface area contributed by atoms with Crippen LogP contribution in [0.4, 0.5) is 0 Å². The van der Waals surface area contributed by atoms with Crippen molar-refractivity contribution in [2.24, 2.45) is 9.03 Å². The second-order valence-electron chi connectivity index (χ2n) is 8.39. The molecule has 0 aromatic carbocycles. The van der Waals surface area contributed by atoms with Crippen LogP contribution in [0.5, 0.6) is 0 Å². The van der Waals surface area contributed by atoms with Gasteiger partial charge in [0, 0.05) is 0 Å². The van der Waals surface area contributed by atoms with Crippen molar-refractivity contribution in [3.63, 3.8) is 0 Å². The van der Waals surface area contributed by atoms with E-state index in [4.69, 9.17) is 9.03 Å². The molecule has 12 heteroatoms. The Bertz CT molecular complexity index is 622.